The van der Waals surface area contributed by atoms with Gasteiger partial charge in [-0.1, -0.05) is 71.5 Å². The number of anilines is 1. The monoisotopic (exact) mass is 2080 g/mol. The summed E-state index contributed by atoms with van der Waals surface area (Å²) in [7, 11) is -10.1. The van der Waals surface area contributed by atoms with Gasteiger partial charge in [0, 0.05) is 34.5 Å². The molecule has 9 rings (SSSR count). The Kier molecular flexibility index (Phi) is 42.9. The van der Waals surface area contributed by atoms with Crippen LogP contribution in [0.5, 0.6) is 5.88 Å². The standard InChI is InChI=1S/C28H43F2N6O14P.C21H31F2N2O13P.2C15H21FN6O4/c1-9-41-20-18-19(34-24(32)35-20)36(11-33-18)23-27(8,49-21(37)17(31)14(2)3)22(29)28(30,50-23)10-44-51(40,45-12-42-25(38)47-15(4)5)46-13-43-26(39)48-16(6)7;1-12(2)36-18(27)31-10-34-39(30,35-11-32-19(28)37-13(3)4)33-9-21(23)16(22)20(6,29)17(38-21)25-8-7-15(26)24-14(25)5;1-8(2)14(24)25-7-15(6-19-21-18)12(23)11(16)13(26-15)22-5-4-10(17)20-9(22)3;1-8(2)14(24)25-12-11(16)13(22-5-4-10(17)20-9(22)3)26-15(12,7-23)6-19-21-18/h11,14-17,22-23H,9-10,12-13,31H2,1-8H3,(H2,32,34,35);7-8,12-13,16-17,29H,5,9-11H2,1-4,6H3,(H,24,26);2*4-5,8,11-13,23H,3,6-7H2,1-2H3,(H2,17,20)/t17?,22-,23+,27+,28+;16-,17+,20+,21+;2*11-,12+,13-,15-/m0011/s1. The van der Waals surface area contributed by atoms with Crippen LogP contribution < -0.4 is 33.0 Å². The van der Waals surface area contributed by atoms with E-state index in [1.807, 2.05) is 0 Å². The van der Waals surface area contributed by atoms with Crippen LogP contribution in [0.15, 0.2) is 101 Å². The average molecular weight is 2080 g/mol. The molecule has 63 heteroatoms. The summed E-state index contributed by atoms with van der Waals surface area (Å²) in [5.74, 6) is -11.3. The maximum absolute atomic E-state index is 16.7. The van der Waals surface area contributed by atoms with Crippen LogP contribution in [0.1, 0.15) is 124 Å². The van der Waals surface area contributed by atoms with Crippen LogP contribution in [0, 0.1) is 17.8 Å². The van der Waals surface area contributed by atoms with Crippen LogP contribution >= 0.6 is 15.6 Å². The van der Waals surface area contributed by atoms with Crippen LogP contribution in [-0.2, 0) is 127 Å². The number of aromatic nitrogens is 4. The van der Waals surface area contributed by atoms with E-state index in [9.17, 15) is 67.2 Å². The molecule has 0 spiro atoms. The minimum absolute atomic E-state index is 0.0171. The first kappa shape index (κ1) is 119. The van der Waals surface area contributed by atoms with Crippen LogP contribution in [0.2, 0.25) is 0 Å². The Morgan fingerprint density at radius 3 is 1.44 bits per heavy atom. The molecule has 2 aromatic rings. The Hall–Kier alpha value is -12.0. The highest BCUT2D eigenvalue weighted by molar-refractivity contribution is 7.48. The smallest absolute Gasteiger partial charge is 0.476 e. The summed E-state index contributed by atoms with van der Waals surface area (Å²) in [6.07, 6.45) is -17.4. The zero-order valence-electron chi connectivity index (χ0n) is 79.9. The molecule has 4 fully saturated rings. The van der Waals surface area contributed by atoms with Gasteiger partial charge in [-0.15, -0.1) is 0 Å². The Labute approximate surface area is 807 Å². The summed E-state index contributed by atoms with van der Waals surface area (Å²) in [4.78, 5) is 124. The lowest BCUT2D eigenvalue weighted by Crippen LogP contribution is -2.53. The van der Waals surface area contributed by atoms with Crippen molar-refractivity contribution in [1.29, 1.82) is 0 Å². The number of phosphoric ester groups is 2. The minimum atomic E-state index is -5.11. The highest BCUT2D eigenvalue weighted by Crippen LogP contribution is 2.57. The number of nitrogens with one attached hydrogen (secondary N) is 1. The number of imidazole rings is 1. The number of aliphatic imine (C=N–C) groups is 2. The maximum Gasteiger partial charge on any atom is 0.510 e. The van der Waals surface area contributed by atoms with Crippen molar-refractivity contribution in [3.63, 3.8) is 0 Å². The molecule has 142 heavy (non-hydrogen) atoms. The molecule has 7 aliphatic heterocycles. The predicted octanol–water partition coefficient (Wildman–Crippen LogP) is 8.43. The van der Waals surface area contributed by atoms with Gasteiger partial charge < -0.3 is 134 Å². The Balaban J connectivity index is 0.000000302. The van der Waals surface area contributed by atoms with Crippen LogP contribution in [-0.4, -0.2) is 303 Å². The number of nitrogens with two attached hydrogens (primary N) is 4. The molecule has 2 aromatic heterocycles. The van der Waals surface area contributed by atoms with Gasteiger partial charge in [-0.3, -0.25) is 32.8 Å². The second-order valence-corrected chi connectivity index (χ2v) is 36.7. The molecule has 1 unspecified atom stereocenters. The lowest BCUT2D eigenvalue weighted by molar-refractivity contribution is -0.201. The third-order valence-electron chi connectivity index (χ3n) is 19.7. The third-order valence-corrected chi connectivity index (χ3v) is 22.2. The summed E-state index contributed by atoms with van der Waals surface area (Å²) in [6.45, 7) is 26.8. The number of carbonyl (C=O) groups excluding carboxylic acids is 8. The van der Waals surface area contributed by atoms with Gasteiger partial charge in [0.2, 0.25) is 45.2 Å². The molecule has 9 heterocycles. The van der Waals surface area contributed by atoms with Gasteiger partial charge in [-0.2, -0.15) is 9.97 Å². The number of aliphatic hydroxyl groups excluding tert-OH is 2. The van der Waals surface area contributed by atoms with Crippen molar-refractivity contribution in [3.8, 4) is 5.88 Å². The second kappa shape index (κ2) is 51.3. The predicted molar refractivity (Wildman–Crippen MR) is 471 cm³/mol. The van der Waals surface area contributed by atoms with Gasteiger partial charge in [0.25, 0.3) is 17.6 Å². The molecule has 0 aliphatic carbocycles. The lowest BCUT2D eigenvalue weighted by Gasteiger charge is -2.36. The normalized spacial score (nSPS) is 26.9. The summed E-state index contributed by atoms with van der Waals surface area (Å²) >= 11 is 0. The molecule has 0 aromatic carbocycles. The average Bonchev–Trinajstić information content (AvgIpc) is 1.83. The molecule has 7 aliphatic rings. The number of phosphoric acid groups is 2. The topological polar surface area (TPSA) is 726 Å². The molecular weight excluding hydrogens is 1960 g/mol. The van der Waals surface area contributed by atoms with E-state index in [0.717, 1.165) is 41.9 Å². The largest absolute Gasteiger partial charge is 0.510 e. The quantitative estimate of drug-likeness (QED) is 0.00452. The minimum Gasteiger partial charge on any atom is -0.476 e. The number of nitrogen functional groups attached to an aromatic ring is 1. The number of aliphatic hydroxyl groups is 3. The van der Waals surface area contributed by atoms with E-state index in [0.29, 0.717) is 0 Å². The number of hydrogen-bond donors (Lipinski definition) is 8. The van der Waals surface area contributed by atoms with E-state index in [1.54, 1.807) is 48.5 Å². The molecule has 1 amide bonds. The van der Waals surface area contributed by atoms with Gasteiger partial charge in [0.05, 0.1) is 68.9 Å². The molecule has 55 nitrogen and oxygen atoms in total. The lowest BCUT2D eigenvalue weighted by atomic mass is 9.95. The maximum atomic E-state index is 16.7. The molecule has 12 N–H and O–H groups in total. The summed E-state index contributed by atoms with van der Waals surface area (Å²) in [6, 6.07) is -1.27. The number of nitrogens with zero attached hydrogens (tertiary/aromatic N) is 15. The number of hydrogen-bond acceptors (Lipinski definition) is 49. The number of ether oxygens (including phenoxy) is 16. The van der Waals surface area contributed by atoms with Gasteiger partial charge in [-0.05, 0) is 105 Å². The van der Waals surface area contributed by atoms with Crippen molar-refractivity contribution in [2.75, 3.05) is 79.0 Å². The fourth-order valence-corrected chi connectivity index (χ4v) is 14.5. The third kappa shape index (κ3) is 31.3. The second-order valence-electron chi connectivity index (χ2n) is 33.4. The van der Waals surface area contributed by atoms with Crippen molar-refractivity contribution in [2.24, 2.45) is 55.2 Å². The van der Waals surface area contributed by atoms with Gasteiger partial charge in [0.1, 0.15) is 77.9 Å². The number of amides is 1. The number of esters is 3. The molecule has 794 valence electrons. The van der Waals surface area contributed by atoms with E-state index in [2.05, 4.69) is 89.0 Å². The van der Waals surface area contributed by atoms with E-state index in [4.69, 9.17) is 118 Å². The van der Waals surface area contributed by atoms with Crippen molar-refractivity contribution < 1.29 is 192 Å². The molecule has 4 saturated heterocycles. The van der Waals surface area contributed by atoms with Gasteiger partial charge in [-0.25, -0.2) is 87.7 Å². The fourth-order valence-electron chi connectivity index (χ4n) is 12.6. The van der Waals surface area contributed by atoms with E-state index >= 15 is 22.0 Å². The number of halogens is 6. The first-order chi connectivity index (χ1) is 66.2. The highest BCUT2D eigenvalue weighted by Gasteiger charge is 2.70. The SMILES string of the molecule is C=C1N=C(N)C=CN1[C@@H]1O[C@@](CO)(CN=[N+]=[N-])[C@@H](OC(=O)C(C)C)[C@H]1F.C=C1N=C(N)C=CN1[C@@H]1O[C@](CN=[N+]=[N-])(COC(=O)C(C)C)[C@@H](O)[C@H]1F.C=C1NC(=O)C=CN1[C@@H]1O[C@](F)(COP(=O)(OCOC(=O)OC(C)C)OCOC(=O)OC(C)C)[C@@H](F)[C@@]1(C)O.CCOc1nc(N)nc2c1ncn2[C@@H]1O[C@](F)(COP(=O)(OCOC(=O)OC(C)C)OCOC(=O)OC(C)C)[C@@H](F)[C@@]1(C)OC(=O)C(N)C(C)C. The summed E-state index contributed by atoms with van der Waals surface area (Å²) in [5.41, 5.74) is 31.5. The number of fused-ring (bicyclic) bond motifs is 1. The van der Waals surface area contributed by atoms with Crippen molar-refractivity contribution in [2.45, 2.75) is 244 Å². The molecule has 17 atom stereocenters. The van der Waals surface area contributed by atoms with Crippen LogP contribution in [0.3, 0.4) is 0 Å². The molecule has 0 saturated carbocycles. The van der Waals surface area contributed by atoms with Crippen LogP contribution in [0.4, 0.5) is 51.5 Å². The first-order valence-electron chi connectivity index (χ1n) is 42.7. The Morgan fingerprint density at radius 1 is 0.599 bits per heavy atom. The van der Waals surface area contributed by atoms with E-state index in [1.165, 1.54) is 89.7 Å². The van der Waals surface area contributed by atoms with Gasteiger partial charge >= 0.3 is 58.2 Å². The van der Waals surface area contributed by atoms with Crippen molar-refractivity contribution in [3.05, 3.63) is 101 Å². The molecular formula is C79H116F6N20O35P2. The van der Waals surface area contributed by atoms with Crippen LogP contribution in [0.25, 0.3) is 32.0 Å². The first-order valence-corrected chi connectivity index (χ1v) is 45.7. The summed E-state index contributed by atoms with van der Waals surface area (Å²) < 4.78 is 232. The highest BCUT2D eigenvalue weighted by atomic mass is 31.2. The fraction of sp³-hybridized carbons (Fsp3) is 0.658. The number of amidine groups is 2. The van der Waals surface area contributed by atoms with Crippen molar-refractivity contribution in [1.82, 2.24) is 39.5 Å². The Morgan fingerprint density at radius 2 is 1.03 bits per heavy atom. The number of rotatable bonds is 41. The number of azide groups is 2. The van der Waals surface area contributed by atoms with E-state index in [-0.39, 0.29) is 58.7 Å². The van der Waals surface area contributed by atoms with E-state index < -0.39 is 275 Å². The molecule has 0 radical (unpaired) electrons. The number of carbonyl (C=O) groups is 8. The zero-order chi connectivity index (χ0) is 107. The number of alkyl halides is 6. The van der Waals surface area contributed by atoms with Crippen molar-refractivity contribution >= 4 is 92.9 Å². The Bertz CT molecular complexity index is 5090. The zero-order valence-corrected chi connectivity index (χ0v) is 81.7. The summed E-state index contributed by atoms with van der Waals surface area (Å²) in [5, 5.41) is 39.9. The van der Waals surface area contributed by atoms with Gasteiger partial charge in [0.15, 0.2) is 66.3 Å². The molecule has 0 bridgehead atoms.